The van der Waals surface area contributed by atoms with Gasteiger partial charge in [-0.25, -0.2) is 0 Å². The molecule has 118 valence electrons. The number of alkyl halides is 3. The number of ether oxygens (including phenoxy) is 1. The summed E-state index contributed by atoms with van der Waals surface area (Å²) in [5.41, 5.74) is -0.620. The Morgan fingerprint density at radius 3 is 2.67 bits per heavy atom. The highest BCUT2D eigenvalue weighted by Crippen LogP contribution is 2.31. The molecular weight excluding hydrogens is 287 g/mol. The molecule has 0 aliphatic rings. The lowest BCUT2D eigenvalue weighted by atomic mass is 10.1. The fourth-order valence-corrected chi connectivity index (χ4v) is 1.81. The van der Waals surface area contributed by atoms with Crippen molar-refractivity contribution in [3.05, 3.63) is 35.4 Å². The molecule has 0 saturated carbocycles. The van der Waals surface area contributed by atoms with E-state index >= 15 is 0 Å². The fourth-order valence-electron chi connectivity index (χ4n) is 1.81. The Kier molecular flexibility index (Phi) is 6.64. The number of benzene rings is 1. The van der Waals surface area contributed by atoms with Gasteiger partial charge in [-0.2, -0.15) is 13.2 Å². The number of esters is 1. The Morgan fingerprint density at radius 2 is 2.05 bits per heavy atom. The lowest BCUT2D eigenvalue weighted by molar-refractivity contribution is -0.145. The highest BCUT2D eigenvalue weighted by Gasteiger charge is 2.32. The summed E-state index contributed by atoms with van der Waals surface area (Å²) in [5, 5.41) is 12.3. The van der Waals surface area contributed by atoms with Crippen molar-refractivity contribution in [3.63, 3.8) is 0 Å². The number of aliphatic hydroxyl groups is 1. The summed E-state index contributed by atoms with van der Waals surface area (Å²) in [5.74, 6) is -0.539. The summed E-state index contributed by atoms with van der Waals surface area (Å²) in [6.07, 6.45) is -5.61. The molecular formula is C14H18F3NO3. The molecule has 21 heavy (non-hydrogen) atoms. The molecule has 4 nitrogen and oxygen atoms in total. The maximum Gasteiger partial charge on any atom is 0.416 e. The molecule has 1 aromatic carbocycles. The zero-order valence-electron chi connectivity index (χ0n) is 11.6. The topological polar surface area (TPSA) is 58.6 Å². The van der Waals surface area contributed by atoms with Crippen LogP contribution >= 0.6 is 0 Å². The Balaban J connectivity index is 2.48. The molecule has 0 spiro atoms. The van der Waals surface area contributed by atoms with E-state index in [4.69, 9.17) is 0 Å². The van der Waals surface area contributed by atoms with Gasteiger partial charge in [0.2, 0.25) is 0 Å². The molecule has 1 atom stereocenters. The number of carbonyl (C=O) groups excluding carboxylic acids is 1. The van der Waals surface area contributed by atoms with Crippen LogP contribution in [0.5, 0.6) is 0 Å². The maximum absolute atomic E-state index is 12.8. The number of nitrogens with one attached hydrogen (secondary N) is 1. The molecule has 1 unspecified atom stereocenters. The van der Waals surface area contributed by atoms with Crippen molar-refractivity contribution >= 4 is 5.97 Å². The fraction of sp³-hybridized carbons (Fsp3) is 0.500. The van der Waals surface area contributed by atoms with Gasteiger partial charge in [0, 0.05) is 13.1 Å². The van der Waals surface area contributed by atoms with Crippen molar-refractivity contribution in [3.8, 4) is 0 Å². The number of carbonyl (C=O) groups is 1. The van der Waals surface area contributed by atoms with E-state index in [1.807, 2.05) is 0 Å². The first kappa shape index (κ1) is 17.5. The minimum atomic E-state index is -4.41. The van der Waals surface area contributed by atoms with Crippen molar-refractivity contribution in [2.24, 2.45) is 0 Å². The number of aliphatic hydroxyl groups excluding tert-OH is 1. The SMILES string of the molecule is CCOC(=O)CC(O)CNCc1ccccc1C(F)(F)F. The predicted octanol–water partition coefficient (Wildman–Crippen LogP) is 2.11. The quantitative estimate of drug-likeness (QED) is 0.758. The van der Waals surface area contributed by atoms with Crippen LogP contribution in [0.1, 0.15) is 24.5 Å². The summed E-state index contributed by atoms with van der Waals surface area (Å²) in [6, 6.07) is 5.21. The summed E-state index contributed by atoms with van der Waals surface area (Å²) in [7, 11) is 0. The molecule has 1 rings (SSSR count). The van der Waals surface area contributed by atoms with Crippen molar-refractivity contribution in [1.82, 2.24) is 5.32 Å². The van der Waals surface area contributed by atoms with Crippen molar-refractivity contribution < 1.29 is 27.8 Å². The molecule has 0 aliphatic heterocycles. The van der Waals surface area contributed by atoms with Gasteiger partial charge in [-0.3, -0.25) is 4.79 Å². The van der Waals surface area contributed by atoms with Crippen LogP contribution in [0.15, 0.2) is 24.3 Å². The third-order valence-electron chi connectivity index (χ3n) is 2.73. The van der Waals surface area contributed by atoms with Gasteiger partial charge in [0.05, 0.1) is 24.7 Å². The third kappa shape index (κ3) is 6.14. The van der Waals surface area contributed by atoms with E-state index in [-0.39, 0.29) is 31.7 Å². The Bertz CT molecular complexity index is 463. The van der Waals surface area contributed by atoms with Gasteiger partial charge in [-0.15, -0.1) is 0 Å². The number of rotatable bonds is 7. The maximum atomic E-state index is 12.8. The first-order valence-electron chi connectivity index (χ1n) is 6.54. The molecule has 0 amide bonds. The molecule has 7 heteroatoms. The first-order chi connectivity index (χ1) is 9.84. The monoisotopic (exact) mass is 305 g/mol. The predicted molar refractivity (Wildman–Crippen MR) is 70.4 cm³/mol. The van der Waals surface area contributed by atoms with Gasteiger partial charge in [-0.1, -0.05) is 18.2 Å². The second-order valence-electron chi connectivity index (χ2n) is 4.45. The molecule has 0 fully saturated rings. The highest BCUT2D eigenvalue weighted by atomic mass is 19.4. The number of hydrogen-bond donors (Lipinski definition) is 2. The molecule has 0 heterocycles. The van der Waals surface area contributed by atoms with E-state index in [0.29, 0.717) is 0 Å². The van der Waals surface area contributed by atoms with Crippen LogP contribution < -0.4 is 5.32 Å². The molecule has 0 saturated heterocycles. The molecule has 0 aliphatic carbocycles. The van der Waals surface area contributed by atoms with Crippen LogP contribution in [0, 0.1) is 0 Å². The number of hydrogen-bond acceptors (Lipinski definition) is 4. The Hall–Kier alpha value is -1.60. The summed E-state index contributed by atoms with van der Waals surface area (Å²) in [4.78, 5) is 11.1. The van der Waals surface area contributed by atoms with Crippen molar-refractivity contribution in [2.75, 3.05) is 13.2 Å². The van der Waals surface area contributed by atoms with Crippen LogP contribution in [0.2, 0.25) is 0 Å². The molecule has 0 aromatic heterocycles. The second kappa shape index (κ2) is 7.99. The largest absolute Gasteiger partial charge is 0.466 e. The molecule has 0 radical (unpaired) electrons. The van der Waals surface area contributed by atoms with Gasteiger partial charge >= 0.3 is 12.1 Å². The molecule has 2 N–H and O–H groups in total. The minimum absolute atomic E-state index is 0.00497. The average Bonchev–Trinajstić information content (AvgIpc) is 2.38. The van der Waals surface area contributed by atoms with Gasteiger partial charge in [0.25, 0.3) is 0 Å². The van der Waals surface area contributed by atoms with E-state index < -0.39 is 23.8 Å². The standard InChI is InChI=1S/C14H18F3NO3/c1-2-21-13(20)7-11(19)9-18-8-10-5-3-4-6-12(10)14(15,16)17/h3-6,11,18-19H,2,7-9H2,1H3. The normalized spacial score (nSPS) is 13.0. The minimum Gasteiger partial charge on any atom is -0.466 e. The van der Waals surface area contributed by atoms with Crippen LogP contribution in [0.4, 0.5) is 13.2 Å². The third-order valence-corrected chi connectivity index (χ3v) is 2.73. The van der Waals surface area contributed by atoms with Crippen LogP contribution in [-0.2, 0) is 22.3 Å². The molecule has 0 bridgehead atoms. The summed E-state index contributed by atoms with van der Waals surface area (Å²) in [6.45, 7) is 1.83. The lowest BCUT2D eigenvalue weighted by Gasteiger charge is -2.15. The Morgan fingerprint density at radius 1 is 1.38 bits per heavy atom. The van der Waals surface area contributed by atoms with Crippen LogP contribution in [0.25, 0.3) is 0 Å². The average molecular weight is 305 g/mol. The van der Waals surface area contributed by atoms with Crippen LogP contribution in [0.3, 0.4) is 0 Å². The summed E-state index contributed by atoms with van der Waals surface area (Å²) < 4.78 is 42.9. The lowest BCUT2D eigenvalue weighted by Crippen LogP contribution is -2.29. The van der Waals surface area contributed by atoms with E-state index in [1.165, 1.54) is 18.2 Å². The first-order valence-corrected chi connectivity index (χ1v) is 6.54. The second-order valence-corrected chi connectivity index (χ2v) is 4.45. The van der Waals surface area contributed by atoms with E-state index in [9.17, 15) is 23.1 Å². The van der Waals surface area contributed by atoms with Gasteiger partial charge < -0.3 is 15.2 Å². The van der Waals surface area contributed by atoms with Gasteiger partial charge in [0.1, 0.15) is 0 Å². The molecule has 1 aromatic rings. The number of halogens is 3. The highest BCUT2D eigenvalue weighted by molar-refractivity contribution is 5.69. The van der Waals surface area contributed by atoms with Crippen molar-refractivity contribution in [2.45, 2.75) is 32.2 Å². The van der Waals surface area contributed by atoms with Crippen molar-refractivity contribution in [1.29, 1.82) is 0 Å². The van der Waals surface area contributed by atoms with Crippen LogP contribution in [-0.4, -0.2) is 30.3 Å². The van der Waals surface area contributed by atoms with Gasteiger partial charge in [-0.05, 0) is 18.6 Å². The smallest absolute Gasteiger partial charge is 0.416 e. The van der Waals surface area contributed by atoms with E-state index in [0.717, 1.165) is 6.07 Å². The zero-order chi connectivity index (χ0) is 15.9. The van der Waals surface area contributed by atoms with E-state index in [1.54, 1.807) is 6.92 Å². The summed E-state index contributed by atoms with van der Waals surface area (Å²) >= 11 is 0. The van der Waals surface area contributed by atoms with E-state index in [2.05, 4.69) is 10.1 Å². The zero-order valence-corrected chi connectivity index (χ0v) is 11.6. The van der Waals surface area contributed by atoms with Gasteiger partial charge in [0.15, 0.2) is 0 Å². The Labute approximate surface area is 120 Å².